The average molecular weight is 604 g/mol. The van der Waals surface area contributed by atoms with Crippen molar-refractivity contribution < 1.29 is 21.6 Å². The molecule has 1 saturated carbocycles. The molecular weight excluding hydrogens is 567 g/mol. The lowest BCUT2D eigenvalue weighted by molar-refractivity contribution is 0.0933. The van der Waals surface area contributed by atoms with Crippen molar-refractivity contribution >= 4 is 47.9 Å². The van der Waals surface area contributed by atoms with E-state index in [-0.39, 0.29) is 34.3 Å². The number of hydrogen-bond donors (Lipinski definition) is 2. The number of carbonyl (C=O) groups is 1. The van der Waals surface area contributed by atoms with Gasteiger partial charge in [-0.1, -0.05) is 49.6 Å². The van der Waals surface area contributed by atoms with Gasteiger partial charge in [-0.3, -0.25) is 4.79 Å². The fourth-order valence-electron chi connectivity index (χ4n) is 5.72. The molecule has 2 fully saturated rings. The highest BCUT2D eigenvalue weighted by Crippen LogP contribution is 2.44. The molecule has 8 nitrogen and oxygen atoms in total. The van der Waals surface area contributed by atoms with E-state index in [0.29, 0.717) is 23.2 Å². The third-order valence-corrected chi connectivity index (χ3v) is 12.2. The lowest BCUT2D eigenvalue weighted by atomic mass is 9.85. The van der Waals surface area contributed by atoms with Crippen LogP contribution in [0.25, 0.3) is 21.2 Å². The number of fused-ring (bicyclic) bond motifs is 1. The van der Waals surface area contributed by atoms with E-state index in [1.54, 1.807) is 6.07 Å². The van der Waals surface area contributed by atoms with Gasteiger partial charge in [0, 0.05) is 28.4 Å². The first-order valence-electron chi connectivity index (χ1n) is 13.9. The van der Waals surface area contributed by atoms with Crippen LogP contribution in [-0.2, 0) is 19.9 Å². The van der Waals surface area contributed by atoms with Crippen LogP contribution in [0.5, 0.6) is 0 Å². The van der Waals surface area contributed by atoms with Gasteiger partial charge in [0.25, 0.3) is 5.91 Å². The second-order valence-electron chi connectivity index (χ2n) is 12.0. The molecule has 2 aliphatic rings. The van der Waals surface area contributed by atoms with Gasteiger partial charge in [0.15, 0.2) is 5.01 Å². The minimum absolute atomic E-state index is 0.0830. The summed E-state index contributed by atoms with van der Waals surface area (Å²) < 4.78 is 53.1. The Morgan fingerprint density at radius 2 is 1.60 bits per heavy atom. The summed E-state index contributed by atoms with van der Waals surface area (Å²) in [6.07, 6.45) is 6.21. The van der Waals surface area contributed by atoms with Crippen LogP contribution in [0, 0.1) is 0 Å². The quantitative estimate of drug-likeness (QED) is 0.389. The van der Waals surface area contributed by atoms with Crippen LogP contribution in [0.2, 0.25) is 0 Å². The van der Waals surface area contributed by atoms with Crippen LogP contribution in [0.15, 0.2) is 41.3 Å². The summed E-state index contributed by atoms with van der Waals surface area (Å²) in [7, 11) is -6.80. The largest absolute Gasteiger partial charge is 0.347 e. The molecular formula is C29H37N3O5S3. The van der Waals surface area contributed by atoms with Crippen molar-refractivity contribution in [2.24, 2.45) is 0 Å². The topological polar surface area (TPSA) is 122 Å². The first-order chi connectivity index (χ1) is 18.8. The maximum absolute atomic E-state index is 13.3. The van der Waals surface area contributed by atoms with Gasteiger partial charge in [0.2, 0.25) is 10.0 Å². The molecule has 1 aliphatic carbocycles. The van der Waals surface area contributed by atoms with E-state index in [1.807, 2.05) is 51.1 Å². The molecule has 0 spiro atoms. The lowest BCUT2D eigenvalue weighted by Crippen LogP contribution is -2.40. The number of carbonyl (C=O) groups excluding carboxylic acids is 1. The highest BCUT2D eigenvalue weighted by atomic mass is 32.2. The summed E-state index contributed by atoms with van der Waals surface area (Å²) in [5.74, 6) is 0.112. The number of nitrogens with one attached hydrogen (secondary N) is 2. The predicted octanol–water partition coefficient (Wildman–Crippen LogP) is 5.39. The molecule has 0 bridgehead atoms. The van der Waals surface area contributed by atoms with Crippen molar-refractivity contribution in [3.8, 4) is 10.4 Å². The first-order valence-corrected chi connectivity index (χ1v) is 18.0. The number of thiazole rings is 1. The van der Waals surface area contributed by atoms with Gasteiger partial charge in [-0.15, -0.1) is 11.3 Å². The molecule has 0 unspecified atom stereocenters. The molecule has 11 heteroatoms. The van der Waals surface area contributed by atoms with Crippen molar-refractivity contribution in [2.75, 3.05) is 11.5 Å². The van der Waals surface area contributed by atoms with Crippen molar-refractivity contribution in [1.29, 1.82) is 0 Å². The minimum Gasteiger partial charge on any atom is -0.347 e. The maximum Gasteiger partial charge on any atom is 0.280 e. The molecule has 0 atom stereocenters. The Morgan fingerprint density at radius 1 is 0.950 bits per heavy atom. The molecule has 1 aliphatic heterocycles. The van der Waals surface area contributed by atoms with E-state index in [9.17, 15) is 21.6 Å². The highest BCUT2D eigenvalue weighted by molar-refractivity contribution is 7.91. The molecule has 5 rings (SSSR count). The van der Waals surface area contributed by atoms with Gasteiger partial charge in [-0.05, 0) is 57.9 Å². The number of amides is 1. The Hall–Kier alpha value is -2.34. The molecule has 3 aromatic rings. The van der Waals surface area contributed by atoms with Crippen molar-refractivity contribution in [2.45, 2.75) is 88.1 Å². The number of nitrogens with zero attached hydrogens (tertiary/aromatic N) is 1. The molecule has 2 aromatic carbocycles. The van der Waals surface area contributed by atoms with E-state index in [4.69, 9.17) is 4.98 Å². The van der Waals surface area contributed by atoms with Crippen LogP contribution in [-0.4, -0.2) is 50.8 Å². The first kappa shape index (κ1) is 29.2. The SMILES string of the molecule is CC(C)(C)NS(=O)(=O)c1ccc(-c2sc(C(=O)NC3CCS(=O)(=O)CC3)nc2C2CCCCC2)c2ccccc12. The van der Waals surface area contributed by atoms with E-state index in [0.717, 1.165) is 47.2 Å². The summed E-state index contributed by atoms with van der Waals surface area (Å²) in [6, 6.07) is 10.8. The zero-order valence-corrected chi connectivity index (χ0v) is 25.6. The molecule has 1 aromatic heterocycles. The number of aromatic nitrogens is 1. The van der Waals surface area contributed by atoms with Gasteiger partial charge >= 0.3 is 0 Å². The Bertz CT molecular complexity index is 1620. The molecule has 40 heavy (non-hydrogen) atoms. The Kier molecular flexibility index (Phi) is 8.13. The second-order valence-corrected chi connectivity index (χ2v) is 16.9. The normalized spacial score (nSPS) is 19.1. The number of rotatable bonds is 6. The summed E-state index contributed by atoms with van der Waals surface area (Å²) >= 11 is 1.33. The van der Waals surface area contributed by atoms with E-state index < -0.39 is 25.4 Å². The Labute approximate surface area is 241 Å². The third-order valence-electron chi connectivity index (χ3n) is 7.59. The van der Waals surface area contributed by atoms with Gasteiger partial charge in [-0.25, -0.2) is 26.5 Å². The number of sulfonamides is 1. The molecule has 1 amide bonds. The van der Waals surface area contributed by atoms with Crippen molar-refractivity contribution in [1.82, 2.24) is 15.0 Å². The number of benzene rings is 2. The molecule has 2 heterocycles. The summed E-state index contributed by atoms with van der Waals surface area (Å²) in [5.41, 5.74) is 1.13. The molecule has 1 saturated heterocycles. The van der Waals surface area contributed by atoms with Crippen LogP contribution in [0.1, 0.15) is 87.1 Å². The van der Waals surface area contributed by atoms with Crippen LogP contribution in [0.4, 0.5) is 0 Å². The monoisotopic (exact) mass is 603 g/mol. The van der Waals surface area contributed by atoms with Crippen LogP contribution in [0.3, 0.4) is 0 Å². The van der Waals surface area contributed by atoms with E-state index in [1.165, 1.54) is 17.8 Å². The number of hydrogen-bond acceptors (Lipinski definition) is 7. The number of sulfone groups is 1. The molecule has 216 valence electrons. The van der Waals surface area contributed by atoms with Gasteiger partial charge in [0.05, 0.1) is 27.0 Å². The molecule has 2 N–H and O–H groups in total. The summed E-state index contributed by atoms with van der Waals surface area (Å²) in [4.78, 5) is 19.3. The van der Waals surface area contributed by atoms with E-state index >= 15 is 0 Å². The van der Waals surface area contributed by atoms with Gasteiger partial charge in [-0.2, -0.15) is 0 Å². The van der Waals surface area contributed by atoms with Gasteiger partial charge in [0.1, 0.15) is 9.84 Å². The Morgan fingerprint density at radius 3 is 2.25 bits per heavy atom. The van der Waals surface area contributed by atoms with Gasteiger partial charge < -0.3 is 5.32 Å². The van der Waals surface area contributed by atoms with Crippen LogP contribution < -0.4 is 10.0 Å². The smallest absolute Gasteiger partial charge is 0.280 e. The third kappa shape index (κ3) is 6.42. The van der Waals surface area contributed by atoms with Crippen molar-refractivity contribution in [3.63, 3.8) is 0 Å². The molecule has 0 radical (unpaired) electrons. The predicted molar refractivity (Wildman–Crippen MR) is 160 cm³/mol. The lowest BCUT2D eigenvalue weighted by Gasteiger charge is -2.23. The van der Waals surface area contributed by atoms with E-state index in [2.05, 4.69) is 10.0 Å². The standard InChI is InChI=1S/C29H37N3O5S3/c1-29(2,3)32-40(36,37)24-14-13-23(21-11-7-8-12-22(21)24)26-25(19-9-5-4-6-10-19)31-28(38-26)27(33)30-20-15-17-39(34,35)18-16-20/h7-8,11-14,19-20,32H,4-6,9-10,15-18H2,1-3H3,(H,30,33). The minimum atomic E-state index is -3.78. The zero-order valence-electron chi connectivity index (χ0n) is 23.2. The summed E-state index contributed by atoms with van der Waals surface area (Å²) in [5, 5.41) is 4.79. The van der Waals surface area contributed by atoms with Crippen LogP contribution >= 0.6 is 11.3 Å². The Balaban J connectivity index is 1.56. The fraction of sp³-hybridized carbons (Fsp3) is 0.517. The fourth-order valence-corrected chi connectivity index (χ4v) is 9.93. The average Bonchev–Trinajstić information content (AvgIpc) is 3.34. The highest BCUT2D eigenvalue weighted by Gasteiger charge is 2.30. The summed E-state index contributed by atoms with van der Waals surface area (Å²) in [6.45, 7) is 5.44. The van der Waals surface area contributed by atoms with Crippen molar-refractivity contribution in [3.05, 3.63) is 47.1 Å². The second kappa shape index (κ2) is 11.2. The zero-order chi connectivity index (χ0) is 28.7. The maximum atomic E-state index is 13.3.